The molecule has 1 heterocycles. The Morgan fingerprint density at radius 3 is 2.56 bits per heavy atom. The zero-order valence-corrected chi connectivity index (χ0v) is 10.1. The van der Waals surface area contributed by atoms with Gasteiger partial charge < -0.3 is 5.11 Å². The van der Waals surface area contributed by atoms with Crippen molar-refractivity contribution in [3.63, 3.8) is 0 Å². The van der Waals surface area contributed by atoms with Crippen LogP contribution < -0.4 is 0 Å². The Balaban J connectivity index is 2.33. The van der Waals surface area contributed by atoms with Crippen LogP contribution in [0.1, 0.15) is 17.4 Å². The fourth-order valence-corrected chi connectivity index (χ4v) is 1.74. The van der Waals surface area contributed by atoms with E-state index < -0.39 is 6.10 Å². The Bertz CT molecular complexity index is 510. The van der Waals surface area contributed by atoms with E-state index in [0.29, 0.717) is 21.3 Å². The van der Waals surface area contributed by atoms with Crippen LogP contribution in [0.5, 0.6) is 0 Å². The van der Waals surface area contributed by atoms with E-state index in [1.54, 1.807) is 42.2 Å². The summed E-state index contributed by atoms with van der Waals surface area (Å²) in [7, 11) is 1.80. The lowest BCUT2D eigenvalue weighted by Crippen LogP contribution is -2.01. The van der Waals surface area contributed by atoms with Crippen molar-refractivity contribution in [1.29, 1.82) is 0 Å². The summed E-state index contributed by atoms with van der Waals surface area (Å²) in [4.78, 5) is 0. The number of aliphatic hydroxyl groups excluding tert-OH is 1. The van der Waals surface area contributed by atoms with Crippen molar-refractivity contribution in [2.24, 2.45) is 7.05 Å². The average Bonchev–Trinajstić information content (AvgIpc) is 2.68. The molecule has 1 atom stereocenters. The maximum atomic E-state index is 10.0. The number of halogens is 2. The Kier molecular flexibility index (Phi) is 3.19. The second kappa shape index (κ2) is 4.45. The third-order valence-electron chi connectivity index (χ3n) is 2.27. The van der Waals surface area contributed by atoms with Gasteiger partial charge in [-0.2, -0.15) is 5.10 Å². The quantitative estimate of drug-likeness (QED) is 0.898. The maximum Gasteiger partial charge on any atom is 0.123 e. The summed E-state index contributed by atoms with van der Waals surface area (Å²) in [5.41, 5.74) is 1.26. The number of nitrogens with zero attached hydrogens (tertiary/aromatic N) is 2. The zero-order valence-electron chi connectivity index (χ0n) is 8.56. The molecule has 0 radical (unpaired) electrons. The van der Waals surface area contributed by atoms with Crippen LogP contribution in [0.3, 0.4) is 0 Å². The van der Waals surface area contributed by atoms with Crippen molar-refractivity contribution in [2.75, 3.05) is 0 Å². The minimum atomic E-state index is -0.782. The molecule has 0 fully saturated rings. The molecule has 84 valence electrons. The van der Waals surface area contributed by atoms with Gasteiger partial charge in [-0.25, -0.2) is 0 Å². The lowest BCUT2D eigenvalue weighted by Gasteiger charge is -2.09. The summed E-state index contributed by atoms with van der Waals surface area (Å²) >= 11 is 11.7. The van der Waals surface area contributed by atoms with E-state index in [9.17, 15) is 5.11 Å². The summed E-state index contributed by atoms with van der Waals surface area (Å²) in [6.45, 7) is 0. The van der Waals surface area contributed by atoms with E-state index in [4.69, 9.17) is 23.2 Å². The van der Waals surface area contributed by atoms with E-state index in [0.717, 1.165) is 0 Å². The number of hydrogen-bond acceptors (Lipinski definition) is 2. The van der Waals surface area contributed by atoms with Crippen molar-refractivity contribution >= 4 is 23.2 Å². The molecular weight excluding hydrogens is 247 g/mol. The zero-order chi connectivity index (χ0) is 11.7. The molecule has 0 aliphatic rings. The predicted molar refractivity (Wildman–Crippen MR) is 63.7 cm³/mol. The van der Waals surface area contributed by atoms with Gasteiger partial charge in [-0.05, 0) is 23.8 Å². The van der Waals surface area contributed by atoms with Crippen molar-refractivity contribution in [2.45, 2.75) is 6.10 Å². The van der Waals surface area contributed by atoms with Gasteiger partial charge in [0.15, 0.2) is 0 Å². The molecular formula is C11H10Cl2N2O. The highest BCUT2D eigenvalue weighted by molar-refractivity contribution is 6.42. The van der Waals surface area contributed by atoms with Gasteiger partial charge in [-0.3, -0.25) is 4.68 Å². The van der Waals surface area contributed by atoms with Gasteiger partial charge >= 0.3 is 0 Å². The van der Waals surface area contributed by atoms with Crippen molar-refractivity contribution < 1.29 is 5.11 Å². The Morgan fingerprint density at radius 2 is 2.00 bits per heavy atom. The topological polar surface area (TPSA) is 38.0 Å². The first-order chi connectivity index (χ1) is 7.58. The molecule has 3 nitrogen and oxygen atoms in total. The van der Waals surface area contributed by atoms with Gasteiger partial charge in [0.1, 0.15) is 6.10 Å². The molecule has 0 amide bonds. The molecule has 16 heavy (non-hydrogen) atoms. The van der Waals surface area contributed by atoms with Crippen LogP contribution in [0.25, 0.3) is 0 Å². The molecule has 0 aliphatic carbocycles. The smallest absolute Gasteiger partial charge is 0.123 e. The SMILES string of the molecule is Cn1ccc(C(O)c2ccc(Cl)c(Cl)c2)n1. The van der Waals surface area contributed by atoms with Crippen LogP contribution in [0.4, 0.5) is 0 Å². The molecule has 1 aromatic heterocycles. The lowest BCUT2D eigenvalue weighted by molar-refractivity contribution is 0.214. The highest BCUT2D eigenvalue weighted by atomic mass is 35.5. The molecule has 0 spiro atoms. The van der Waals surface area contributed by atoms with Gasteiger partial charge in [0.05, 0.1) is 15.7 Å². The Hall–Kier alpha value is -1.03. The first-order valence-electron chi connectivity index (χ1n) is 4.70. The third kappa shape index (κ3) is 2.21. The first-order valence-corrected chi connectivity index (χ1v) is 5.46. The number of hydrogen-bond donors (Lipinski definition) is 1. The van der Waals surface area contributed by atoms with Gasteiger partial charge in [0.2, 0.25) is 0 Å². The second-order valence-electron chi connectivity index (χ2n) is 3.49. The normalized spacial score (nSPS) is 12.8. The summed E-state index contributed by atoms with van der Waals surface area (Å²) < 4.78 is 1.63. The van der Waals surface area contributed by atoms with Crippen LogP contribution in [0, 0.1) is 0 Å². The minimum absolute atomic E-state index is 0.425. The average molecular weight is 257 g/mol. The van der Waals surface area contributed by atoms with Crippen molar-refractivity contribution in [3.8, 4) is 0 Å². The van der Waals surface area contributed by atoms with Crippen LogP contribution >= 0.6 is 23.2 Å². The van der Waals surface area contributed by atoms with E-state index >= 15 is 0 Å². The molecule has 1 N–H and O–H groups in total. The lowest BCUT2D eigenvalue weighted by atomic mass is 10.1. The molecule has 2 rings (SSSR count). The number of benzene rings is 1. The summed E-state index contributed by atoms with van der Waals surface area (Å²) in [6.07, 6.45) is 0.992. The van der Waals surface area contributed by atoms with Crippen molar-refractivity contribution in [1.82, 2.24) is 9.78 Å². The van der Waals surface area contributed by atoms with Crippen molar-refractivity contribution in [3.05, 3.63) is 51.8 Å². The standard InChI is InChI=1S/C11H10Cl2N2O/c1-15-5-4-10(14-15)11(16)7-2-3-8(12)9(13)6-7/h2-6,11,16H,1H3. The highest BCUT2D eigenvalue weighted by Gasteiger charge is 2.14. The Morgan fingerprint density at radius 1 is 1.25 bits per heavy atom. The van der Waals surface area contributed by atoms with E-state index in [1.807, 2.05) is 0 Å². The molecule has 0 aliphatic heterocycles. The van der Waals surface area contributed by atoms with Crippen LogP contribution in [0.15, 0.2) is 30.5 Å². The summed E-state index contributed by atoms with van der Waals surface area (Å²) in [5, 5.41) is 15.1. The molecule has 0 saturated carbocycles. The highest BCUT2D eigenvalue weighted by Crippen LogP contribution is 2.27. The van der Waals surface area contributed by atoms with E-state index in [1.165, 1.54) is 0 Å². The third-order valence-corrected chi connectivity index (χ3v) is 3.01. The number of aryl methyl sites for hydroxylation is 1. The summed E-state index contributed by atoms with van der Waals surface area (Å²) in [5.74, 6) is 0. The molecule has 0 bridgehead atoms. The molecule has 0 saturated heterocycles. The predicted octanol–water partition coefficient (Wildman–Crippen LogP) is 2.81. The fraction of sp³-hybridized carbons (Fsp3) is 0.182. The molecule has 2 aromatic rings. The monoisotopic (exact) mass is 256 g/mol. The van der Waals surface area contributed by atoms with Gasteiger partial charge in [0.25, 0.3) is 0 Å². The van der Waals surface area contributed by atoms with E-state index in [-0.39, 0.29) is 0 Å². The first kappa shape index (κ1) is 11.5. The van der Waals surface area contributed by atoms with Gasteiger partial charge in [-0.1, -0.05) is 29.3 Å². The van der Waals surface area contributed by atoms with E-state index in [2.05, 4.69) is 5.10 Å². The largest absolute Gasteiger partial charge is 0.382 e. The number of aliphatic hydroxyl groups is 1. The second-order valence-corrected chi connectivity index (χ2v) is 4.30. The Labute approximate surface area is 103 Å². The minimum Gasteiger partial charge on any atom is -0.382 e. The van der Waals surface area contributed by atoms with Crippen LogP contribution in [0.2, 0.25) is 10.0 Å². The maximum absolute atomic E-state index is 10.0. The van der Waals surface area contributed by atoms with Crippen LogP contribution in [-0.4, -0.2) is 14.9 Å². The number of aromatic nitrogens is 2. The number of rotatable bonds is 2. The van der Waals surface area contributed by atoms with Crippen LogP contribution in [-0.2, 0) is 7.05 Å². The molecule has 1 aromatic carbocycles. The molecule has 5 heteroatoms. The molecule has 1 unspecified atom stereocenters. The van der Waals surface area contributed by atoms with Gasteiger partial charge in [-0.15, -0.1) is 0 Å². The summed E-state index contributed by atoms with van der Waals surface area (Å²) in [6, 6.07) is 6.79. The van der Waals surface area contributed by atoms with Gasteiger partial charge in [0, 0.05) is 13.2 Å². The fourth-order valence-electron chi connectivity index (χ4n) is 1.43.